The van der Waals surface area contributed by atoms with E-state index in [0.717, 1.165) is 4.91 Å². The maximum absolute atomic E-state index is 12.6. The van der Waals surface area contributed by atoms with E-state index in [0.29, 0.717) is 17.3 Å². The minimum absolute atomic E-state index is 0.0219. The molecule has 1 aliphatic heterocycles. The van der Waals surface area contributed by atoms with Crippen LogP contribution in [0.2, 0.25) is 0 Å². The lowest BCUT2D eigenvalue weighted by atomic mass is 10.2. The molecule has 1 aromatic carbocycles. The second-order valence-corrected chi connectivity index (χ2v) is 9.49. The van der Waals surface area contributed by atoms with Crippen molar-refractivity contribution in [2.24, 2.45) is 0 Å². The molecular weight excluding hydrogens is 394 g/mol. The number of carboxylic acids is 1. The largest absolute Gasteiger partial charge is 0.478 e. The monoisotopic (exact) mass is 409 g/mol. The Balaban J connectivity index is 1.74. The Bertz CT molecular complexity index is 976. The lowest BCUT2D eigenvalue weighted by molar-refractivity contribution is 0.0697. The summed E-state index contributed by atoms with van der Waals surface area (Å²) >= 11 is 2.63. The number of hydrogen-bond acceptors (Lipinski definition) is 7. The second-order valence-electron chi connectivity index (χ2n) is 5.31. The van der Waals surface area contributed by atoms with Gasteiger partial charge in [0.05, 0.1) is 11.3 Å². The van der Waals surface area contributed by atoms with Crippen LogP contribution in [0.3, 0.4) is 0 Å². The lowest BCUT2D eigenvalue weighted by Gasteiger charge is -2.14. The zero-order chi connectivity index (χ0) is 18.7. The van der Waals surface area contributed by atoms with E-state index in [1.807, 2.05) is 12.3 Å². The summed E-state index contributed by atoms with van der Waals surface area (Å²) in [4.78, 5) is 20.3. The van der Waals surface area contributed by atoms with Crippen LogP contribution in [0.5, 0.6) is 0 Å². The SMILES string of the molecule is CSc1nccc(C2=CCC(S(=O)(=O)Nc3cccc(C(=O)O)c3)S2)n1. The molecule has 2 N–H and O–H groups in total. The van der Waals surface area contributed by atoms with E-state index in [1.165, 1.54) is 47.8 Å². The minimum atomic E-state index is -3.69. The van der Waals surface area contributed by atoms with Gasteiger partial charge in [0.2, 0.25) is 10.0 Å². The molecule has 1 atom stereocenters. The summed E-state index contributed by atoms with van der Waals surface area (Å²) < 4.78 is 27.0. The number of thioether (sulfide) groups is 2. The van der Waals surface area contributed by atoms with Crippen LogP contribution in [0.25, 0.3) is 4.91 Å². The van der Waals surface area contributed by atoms with Crippen molar-refractivity contribution in [1.82, 2.24) is 9.97 Å². The molecule has 1 aromatic heterocycles. The fraction of sp³-hybridized carbons (Fsp3) is 0.188. The van der Waals surface area contributed by atoms with Gasteiger partial charge in [-0.25, -0.2) is 23.2 Å². The molecule has 0 aliphatic carbocycles. The summed E-state index contributed by atoms with van der Waals surface area (Å²) in [5, 5.41) is 9.64. The molecule has 1 unspecified atom stereocenters. The van der Waals surface area contributed by atoms with Gasteiger partial charge < -0.3 is 5.11 Å². The maximum atomic E-state index is 12.6. The fourth-order valence-electron chi connectivity index (χ4n) is 2.32. The van der Waals surface area contributed by atoms with E-state index in [4.69, 9.17) is 5.11 Å². The van der Waals surface area contributed by atoms with Gasteiger partial charge in [0.25, 0.3) is 0 Å². The average Bonchev–Trinajstić information content (AvgIpc) is 3.13. The van der Waals surface area contributed by atoms with E-state index in [9.17, 15) is 13.2 Å². The van der Waals surface area contributed by atoms with Crippen molar-refractivity contribution in [2.75, 3.05) is 11.0 Å². The van der Waals surface area contributed by atoms with Crippen molar-refractivity contribution in [2.45, 2.75) is 16.2 Å². The molecule has 0 saturated carbocycles. The Kier molecular flexibility index (Phi) is 5.54. The van der Waals surface area contributed by atoms with E-state index in [2.05, 4.69) is 14.7 Å². The van der Waals surface area contributed by atoms with Crippen LogP contribution < -0.4 is 4.72 Å². The molecule has 0 saturated heterocycles. The molecule has 3 rings (SSSR count). The molecule has 136 valence electrons. The van der Waals surface area contributed by atoms with Crippen molar-refractivity contribution in [3.63, 3.8) is 0 Å². The van der Waals surface area contributed by atoms with Gasteiger partial charge in [0, 0.05) is 16.8 Å². The smallest absolute Gasteiger partial charge is 0.335 e. The minimum Gasteiger partial charge on any atom is -0.478 e. The predicted molar refractivity (Wildman–Crippen MR) is 104 cm³/mol. The highest BCUT2D eigenvalue weighted by Crippen LogP contribution is 2.41. The number of carbonyl (C=O) groups is 1. The number of allylic oxidation sites excluding steroid dienone is 1. The molecule has 0 fully saturated rings. The van der Waals surface area contributed by atoms with E-state index < -0.39 is 20.6 Å². The molecule has 10 heteroatoms. The number of hydrogen-bond donors (Lipinski definition) is 2. The Hall–Kier alpha value is -2.04. The standard InChI is InChI=1S/C16H15N3O4S3/c1-24-16-17-8-7-12(18-16)13-5-6-14(25-13)26(22,23)19-11-4-2-3-10(9-11)15(20)21/h2-5,7-9,14,19H,6H2,1H3,(H,20,21). The molecule has 1 aliphatic rings. The quantitative estimate of drug-likeness (QED) is 0.553. The molecule has 0 bridgehead atoms. The van der Waals surface area contributed by atoms with Crippen LogP contribution in [-0.2, 0) is 10.0 Å². The maximum Gasteiger partial charge on any atom is 0.335 e. The van der Waals surface area contributed by atoms with Crippen molar-refractivity contribution >= 4 is 50.1 Å². The van der Waals surface area contributed by atoms with Crippen molar-refractivity contribution in [1.29, 1.82) is 0 Å². The average molecular weight is 410 g/mol. The van der Waals surface area contributed by atoms with Crippen molar-refractivity contribution in [3.05, 3.63) is 53.9 Å². The topological polar surface area (TPSA) is 109 Å². The first kappa shape index (κ1) is 18.7. The molecular formula is C16H15N3O4S3. The lowest BCUT2D eigenvalue weighted by Crippen LogP contribution is -2.23. The Morgan fingerprint density at radius 1 is 1.38 bits per heavy atom. The first-order valence-corrected chi connectivity index (χ1v) is 11.1. The van der Waals surface area contributed by atoms with Crippen LogP contribution in [0.15, 0.2) is 47.8 Å². The first-order chi connectivity index (χ1) is 12.4. The molecule has 26 heavy (non-hydrogen) atoms. The summed E-state index contributed by atoms with van der Waals surface area (Å²) in [5.41, 5.74) is 0.944. The summed E-state index contributed by atoms with van der Waals surface area (Å²) in [7, 11) is -3.69. The van der Waals surface area contributed by atoms with E-state index >= 15 is 0 Å². The Morgan fingerprint density at radius 2 is 2.19 bits per heavy atom. The molecule has 2 heterocycles. The van der Waals surface area contributed by atoms with Gasteiger partial charge in [-0.3, -0.25) is 4.72 Å². The number of carboxylic acid groups (broad SMARTS) is 1. The highest BCUT2D eigenvalue weighted by Gasteiger charge is 2.31. The van der Waals surface area contributed by atoms with Crippen LogP contribution in [0.1, 0.15) is 22.5 Å². The van der Waals surface area contributed by atoms with E-state index in [1.54, 1.807) is 12.3 Å². The number of benzene rings is 1. The predicted octanol–water partition coefficient (Wildman–Crippen LogP) is 3.14. The van der Waals surface area contributed by atoms with Crippen LogP contribution >= 0.6 is 23.5 Å². The molecule has 7 nitrogen and oxygen atoms in total. The van der Waals surface area contributed by atoms with E-state index in [-0.39, 0.29) is 11.3 Å². The summed E-state index contributed by atoms with van der Waals surface area (Å²) in [6.07, 6.45) is 5.70. The summed E-state index contributed by atoms with van der Waals surface area (Å²) in [5.74, 6) is -1.11. The third kappa shape index (κ3) is 4.19. The summed E-state index contributed by atoms with van der Waals surface area (Å²) in [6, 6.07) is 7.47. The van der Waals surface area contributed by atoms with Gasteiger partial charge >= 0.3 is 5.97 Å². The van der Waals surface area contributed by atoms with Gasteiger partial charge in [-0.15, -0.1) is 11.8 Å². The molecule has 2 aromatic rings. The van der Waals surface area contributed by atoms with Crippen LogP contribution in [0, 0.1) is 0 Å². The molecule has 0 radical (unpaired) electrons. The van der Waals surface area contributed by atoms with Crippen LogP contribution in [-0.4, -0.2) is 40.3 Å². The van der Waals surface area contributed by atoms with Crippen molar-refractivity contribution < 1.29 is 18.3 Å². The van der Waals surface area contributed by atoms with Gasteiger partial charge in [-0.05, 0) is 36.9 Å². The van der Waals surface area contributed by atoms with Gasteiger partial charge in [0.15, 0.2) is 5.16 Å². The molecule has 0 amide bonds. The van der Waals surface area contributed by atoms with Gasteiger partial charge in [0.1, 0.15) is 4.58 Å². The number of nitrogens with one attached hydrogen (secondary N) is 1. The fourth-order valence-corrected chi connectivity index (χ4v) is 5.48. The third-order valence-corrected chi connectivity index (χ3v) is 7.64. The molecule has 0 spiro atoms. The zero-order valence-electron chi connectivity index (χ0n) is 13.6. The second kappa shape index (κ2) is 7.68. The van der Waals surface area contributed by atoms with Crippen molar-refractivity contribution in [3.8, 4) is 0 Å². The Morgan fingerprint density at radius 3 is 2.92 bits per heavy atom. The zero-order valence-corrected chi connectivity index (χ0v) is 16.1. The number of nitrogens with zero attached hydrogens (tertiary/aromatic N) is 2. The Labute approximate surface area is 159 Å². The number of aromatic carboxylic acids is 1. The number of aromatic nitrogens is 2. The first-order valence-electron chi connectivity index (χ1n) is 7.48. The van der Waals surface area contributed by atoms with Gasteiger partial charge in [-0.2, -0.15) is 0 Å². The third-order valence-electron chi connectivity index (χ3n) is 3.54. The normalized spacial score (nSPS) is 17.0. The highest BCUT2D eigenvalue weighted by molar-refractivity contribution is 8.19. The number of sulfonamides is 1. The summed E-state index contributed by atoms with van der Waals surface area (Å²) in [6.45, 7) is 0. The number of rotatable bonds is 6. The highest BCUT2D eigenvalue weighted by atomic mass is 32.3. The van der Waals surface area contributed by atoms with Crippen LogP contribution in [0.4, 0.5) is 5.69 Å². The van der Waals surface area contributed by atoms with Gasteiger partial charge in [-0.1, -0.05) is 23.9 Å². The number of anilines is 1.